The number of pyridine rings is 1. The van der Waals surface area contributed by atoms with Crippen molar-refractivity contribution in [3.8, 4) is 17.2 Å². The number of nitriles is 1. The zero-order chi connectivity index (χ0) is 12.4. The van der Waals surface area contributed by atoms with E-state index < -0.39 is 17.2 Å². The Morgan fingerprint density at radius 1 is 1.24 bits per heavy atom. The van der Waals surface area contributed by atoms with Gasteiger partial charge in [0.05, 0.1) is 0 Å². The number of hydrogen-bond donors (Lipinski definition) is 0. The minimum Gasteiger partial charge on any atom is -0.264 e. The van der Waals surface area contributed by atoms with Gasteiger partial charge in [0.15, 0.2) is 5.82 Å². The van der Waals surface area contributed by atoms with Crippen LogP contribution in [-0.2, 0) is 0 Å². The van der Waals surface area contributed by atoms with Crippen molar-refractivity contribution < 1.29 is 8.78 Å². The lowest BCUT2D eigenvalue weighted by Gasteiger charge is -2.05. The summed E-state index contributed by atoms with van der Waals surface area (Å²) in [6.45, 7) is 1.82. The second kappa shape index (κ2) is 4.30. The summed E-state index contributed by atoms with van der Waals surface area (Å²) < 4.78 is 27.0. The predicted octanol–water partition coefficient (Wildman–Crippen LogP) is 3.21. The van der Waals surface area contributed by atoms with Crippen LogP contribution in [-0.4, -0.2) is 4.98 Å². The summed E-state index contributed by atoms with van der Waals surface area (Å²) in [5.41, 5.74) is 1.01. The first-order chi connectivity index (χ1) is 8.13. The molecular weight excluding hydrogens is 222 g/mol. The molecule has 0 aliphatic carbocycles. The van der Waals surface area contributed by atoms with Gasteiger partial charge in [0.25, 0.3) is 0 Å². The van der Waals surface area contributed by atoms with Crippen molar-refractivity contribution in [2.75, 3.05) is 0 Å². The van der Waals surface area contributed by atoms with Crippen LogP contribution in [0.15, 0.2) is 30.6 Å². The van der Waals surface area contributed by atoms with Gasteiger partial charge in [0, 0.05) is 23.5 Å². The third-order valence-electron chi connectivity index (χ3n) is 2.39. The summed E-state index contributed by atoms with van der Waals surface area (Å²) in [5.74, 6) is -1.70. The Labute approximate surface area is 97.2 Å². The largest absolute Gasteiger partial charge is 0.264 e. The normalized spacial score (nSPS) is 10.0. The van der Waals surface area contributed by atoms with Crippen molar-refractivity contribution >= 4 is 0 Å². The minimum absolute atomic E-state index is 0.180. The van der Waals surface area contributed by atoms with E-state index in [9.17, 15) is 8.78 Å². The molecule has 17 heavy (non-hydrogen) atoms. The van der Waals surface area contributed by atoms with Gasteiger partial charge >= 0.3 is 0 Å². The number of halogens is 2. The Balaban J connectivity index is 2.66. The zero-order valence-corrected chi connectivity index (χ0v) is 9.04. The third-order valence-corrected chi connectivity index (χ3v) is 2.39. The number of nitrogens with zero attached hydrogens (tertiary/aromatic N) is 2. The number of benzene rings is 1. The molecule has 0 bridgehead atoms. The Morgan fingerprint density at radius 3 is 2.65 bits per heavy atom. The van der Waals surface area contributed by atoms with E-state index in [1.54, 1.807) is 12.3 Å². The molecule has 0 saturated carbocycles. The number of aryl methyl sites for hydroxylation is 1. The Kier molecular flexibility index (Phi) is 2.84. The fourth-order valence-electron chi connectivity index (χ4n) is 1.58. The van der Waals surface area contributed by atoms with E-state index in [-0.39, 0.29) is 5.56 Å². The van der Waals surface area contributed by atoms with E-state index in [0.717, 1.165) is 11.6 Å². The van der Waals surface area contributed by atoms with Gasteiger partial charge in [-0.2, -0.15) is 5.26 Å². The van der Waals surface area contributed by atoms with Gasteiger partial charge in [-0.1, -0.05) is 0 Å². The molecule has 2 aromatic rings. The highest BCUT2D eigenvalue weighted by Gasteiger charge is 2.14. The summed E-state index contributed by atoms with van der Waals surface area (Å²) in [7, 11) is 0. The second-order valence-corrected chi connectivity index (χ2v) is 3.65. The molecule has 0 N–H and O–H groups in total. The maximum Gasteiger partial charge on any atom is 0.151 e. The summed E-state index contributed by atoms with van der Waals surface area (Å²) in [6, 6.07) is 5.63. The first kappa shape index (κ1) is 11.2. The molecular formula is C13H8F2N2. The lowest BCUT2D eigenvalue weighted by atomic mass is 10.0. The summed E-state index contributed by atoms with van der Waals surface area (Å²) in [6.07, 6.45) is 3.11. The van der Waals surface area contributed by atoms with Gasteiger partial charge in [-0.3, -0.25) is 4.98 Å². The Morgan fingerprint density at radius 2 is 2.00 bits per heavy atom. The molecule has 0 radical (unpaired) electrons. The fourth-order valence-corrected chi connectivity index (χ4v) is 1.58. The zero-order valence-electron chi connectivity index (χ0n) is 9.04. The molecule has 1 heterocycles. The molecule has 2 nitrogen and oxygen atoms in total. The van der Waals surface area contributed by atoms with Crippen molar-refractivity contribution in [1.82, 2.24) is 4.98 Å². The van der Waals surface area contributed by atoms with Crippen LogP contribution in [0.3, 0.4) is 0 Å². The van der Waals surface area contributed by atoms with Crippen molar-refractivity contribution in [1.29, 1.82) is 5.26 Å². The highest BCUT2D eigenvalue weighted by atomic mass is 19.1. The molecule has 2 rings (SSSR count). The predicted molar refractivity (Wildman–Crippen MR) is 59.0 cm³/mol. The molecule has 0 aliphatic rings. The number of rotatable bonds is 1. The molecule has 0 saturated heterocycles. The molecule has 0 unspecified atom stereocenters. The topological polar surface area (TPSA) is 36.7 Å². The van der Waals surface area contributed by atoms with Crippen LogP contribution in [0, 0.1) is 29.9 Å². The molecule has 0 spiro atoms. The first-order valence-electron chi connectivity index (χ1n) is 4.93. The van der Waals surface area contributed by atoms with Crippen LogP contribution in [0.4, 0.5) is 8.78 Å². The first-order valence-corrected chi connectivity index (χ1v) is 4.93. The average molecular weight is 230 g/mol. The second-order valence-electron chi connectivity index (χ2n) is 3.65. The van der Waals surface area contributed by atoms with Gasteiger partial charge < -0.3 is 0 Å². The van der Waals surface area contributed by atoms with Gasteiger partial charge in [0.1, 0.15) is 17.4 Å². The van der Waals surface area contributed by atoms with E-state index in [2.05, 4.69) is 4.98 Å². The molecule has 1 aromatic heterocycles. The lowest BCUT2D eigenvalue weighted by Crippen LogP contribution is -1.94. The Hall–Kier alpha value is -2.28. The van der Waals surface area contributed by atoms with Crippen molar-refractivity contribution in [3.05, 3.63) is 53.4 Å². The van der Waals surface area contributed by atoms with E-state index in [1.807, 2.05) is 6.92 Å². The quantitative estimate of drug-likeness (QED) is 0.754. The van der Waals surface area contributed by atoms with Crippen molar-refractivity contribution in [3.63, 3.8) is 0 Å². The van der Waals surface area contributed by atoms with Crippen LogP contribution in [0.5, 0.6) is 0 Å². The van der Waals surface area contributed by atoms with Gasteiger partial charge in [0.2, 0.25) is 0 Å². The summed E-state index contributed by atoms with van der Waals surface area (Å²) >= 11 is 0. The fraction of sp³-hybridized carbons (Fsp3) is 0.0769. The van der Waals surface area contributed by atoms with Gasteiger partial charge in [-0.25, -0.2) is 8.78 Å². The van der Waals surface area contributed by atoms with Crippen molar-refractivity contribution in [2.45, 2.75) is 6.92 Å². The maximum absolute atomic E-state index is 13.9. The lowest BCUT2D eigenvalue weighted by molar-refractivity contribution is 0.579. The van der Waals surface area contributed by atoms with Crippen LogP contribution in [0.25, 0.3) is 11.1 Å². The highest BCUT2D eigenvalue weighted by Crippen LogP contribution is 2.26. The standard InChI is InChI=1S/C13H8F2N2/c1-8-4-9(7-17-6-8)10-2-3-12(14)11(5-16)13(10)15/h2-4,6-7H,1H3. The van der Waals surface area contributed by atoms with E-state index in [1.165, 1.54) is 18.3 Å². The Bertz CT molecular complexity index is 615. The van der Waals surface area contributed by atoms with E-state index in [4.69, 9.17) is 5.26 Å². The average Bonchev–Trinajstić information content (AvgIpc) is 2.29. The number of aromatic nitrogens is 1. The molecule has 0 atom stereocenters. The SMILES string of the molecule is Cc1cncc(-c2ccc(F)c(C#N)c2F)c1. The van der Waals surface area contributed by atoms with Crippen LogP contribution in [0.1, 0.15) is 11.1 Å². The van der Waals surface area contributed by atoms with Gasteiger partial charge in [-0.15, -0.1) is 0 Å². The van der Waals surface area contributed by atoms with Crippen LogP contribution in [0.2, 0.25) is 0 Å². The monoisotopic (exact) mass is 230 g/mol. The van der Waals surface area contributed by atoms with Crippen molar-refractivity contribution in [2.24, 2.45) is 0 Å². The van der Waals surface area contributed by atoms with Gasteiger partial charge in [-0.05, 0) is 30.7 Å². The molecule has 0 amide bonds. The molecule has 0 fully saturated rings. The molecule has 0 aliphatic heterocycles. The van der Waals surface area contributed by atoms with E-state index >= 15 is 0 Å². The van der Waals surface area contributed by atoms with Crippen LogP contribution >= 0.6 is 0 Å². The van der Waals surface area contributed by atoms with E-state index in [0.29, 0.717) is 5.56 Å². The third kappa shape index (κ3) is 2.00. The molecule has 1 aromatic carbocycles. The smallest absolute Gasteiger partial charge is 0.151 e. The minimum atomic E-state index is -0.852. The molecule has 84 valence electrons. The van der Waals surface area contributed by atoms with Crippen LogP contribution < -0.4 is 0 Å². The summed E-state index contributed by atoms with van der Waals surface area (Å²) in [5, 5.41) is 8.68. The number of hydrogen-bond acceptors (Lipinski definition) is 2. The highest BCUT2D eigenvalue weighted by molar-refractivity contribution is 5.66. The maximum atomic E-state index is 13.9. The summed E-state index contributed by atoms with van der Waals surface area (Å²) in [4.78, 5) is 3.94. The molecule has 4 heteroatoms.